The number of benzene rings is 1. The van der Waals surface area contributed by atoms with Crippen LogP contribution in [0.3, 0.4) is 0 Å². The number of amides is 1. The third-order valence-corrected chi connectivity index (χ3v) is 2.52. The number of halogens is 1. The Balaban J connectivity index is 2.85. The molecule has 1 amide bonds. The van der Waals surface area contributed by atoms with Crippen molar-refractivity contribution in [1.29, 1.82) is 0 Å². The van der Waals surface area contributed by atoms with Gasteiger partial charge in [0.05, 0.1) is 19.8 Å². The average molecular weight is 302 g/mol. The molecule has 0 fully saturated rings. The van der Waals surface area contributed by atoms with Gasteiger partial charge in [-0.05, 0) is 12.1 Å². The smallest absolute Gasteiger partial charge is 0.255 e. The Morgan fingerprint density at radius 3 is 2.65 bits per heavy atom. The monoisotopic (exact) mass is 301 g/mol. The summed E-state index contributed by atoms with van der Waals surface area (Å²) >= 11 is 3.37. The highest BCUT2D eigenvalue weighted by Crippen LogP contribution is 2.24. The van der Waals surface area contributed by atoms with Crippen molar-refractivity contribution in [3.63, 3.8) is 0 Å². The maximum atomic E-state index is 11.9. The van der Waals surface area contributed by atoms with Crippen LogP contribution in [0.25, 0.3) is 0 Å². The fraction of sp³-hybridized carbons (Fsp3) is 0.417. The summed E-state index contributed by atoms with van der Waals surface area (Å²) in [4.78, 5) is 12.1. The lowest BCUT2D eigenvalue weighted by Gasteiger charge is -2.11. The standard InChI is InChI=1S/C12H16BrNO3/c1-8(13)7-14-12(15)10-5-4-9(16-2)6-11(10)17-3/h4-6,8H,7H2,1-3H3,(H,14,15). The van der Waals surface area contributed by atoms with Crippen molar-refractivity contribution in [2.24, 2.45) is 0 Å². The first-order valence-electron chi connectivity index (χ1n) is 5.22. The number of rotatable bonds is 5. The fourth-order valence-corrected chi connectivity index (χ4v) is 1.48. The van der Waals surface area contributed by atoms with Crippen LogP contribution >= 0.6 is 15.9 Å². The van der Waals surface area contributed by atoms with E-state index >= 15 is 0 Å². The van der Waals surface area contributed by atoms with Gasteiger partial charge < -0.3 is 14.8 Å². The Morgan fingerprint density at radius 2 is 2.12 bits per heavy atom. The normalized spacial score (nSPS) is 11.8. The quantitative estimate of drug-likeness (QED) is 0.848. The first-order valence-corrected chi connectivity index (χ1v) is 6.14. The molecule has 4 nitrogen and oxygen atoms in total. The molecule has 0 spiro atoms. The molecule has 0 aromatic heterocycles. The lowest BCUT2D eigenvalue weighted by Crippen LogP contribution is -2.28. The van der Waals surface area contributed by atoms with Crippen molar-refractivity contribution in [2.75, 3.05) is 20.8 Å². The van der Waals surface area contributed by atoms with Gasteiger partial charge in [-0.25, -0.2) is 0 Å². The first kappa shape index (κ1) is 13.8. The van der Waals surface area contributed by atoms with E-state index in [-0.39, 0.29) is 10.7 Å². The Kier molecular flexibility index (Phi) is 5.28. The summed E-state index contributed by atoms with van der Waals surface area (Å²) in [5.74, 6) is 1.01. The second-order valence-corrected chi connectivity index (χ2v) is 5.12. The van der Waals surface area contributed by atoms with Gasteiger partial charge in [0.1, 0.15) is 11.5 Å². The molecule has 0 saturated carbocycles. The highest BCUT2D eigenvalue weighted by Gasteiger charge is 2.13. The predicted octanol–water partition coefficient (Wildman–Crippen LogP) is 2.22. The summed E-state index contributed by atoms with van der Waals surface area (Å²) in [5, 5.41) is 2.80. The number of hydrogen-bond donors (Lipinski definition) is 1. The lowest BCUT2D eigenvalue weighted by molar-refractivity contribution is 0.0951. The number of carbonyl (C=O) groups is 1. The minimum absolute atomic E-state index is 0.157. The van der Waals surface area contributed by atoms with E-state index in [0.29, 0.717) is 23.6 Å². The Bertz CT molecular complexity index is 393. The van der Waals surface area contributed by atoms with Gasteiger partial charge in [-0.1, -0.05) is 22.9 Å². The van der Waals surface area contributed by atoms with Crippen LogP contribution in [0.2, 0.25) is 0 Å². The maximum absolute atomic E-state index is 11.9. The molecule has 0 aliphatic rings. The molecule has 94 valence electrons. The molecule has 0 aliphatic heterocycles. The zero-order valence-electron chi connectivity index (χ0n) is 10.1. The van der Waals surface area contributed by atoms with Crippen molar-refractivity contribution < 1.29 is 14.3 Å². The summed E-state index contributed by atoms with van der Waals surface area (Å²) in [7, 11) is 3.10. The molecule has 1 unspecified atom stereocenters. The molecule has 1 rings (SSSR count). The molecule has 0 bridgehead atoms. The Labute approximate surface area is 109 Å². The number of ether oxygens (including phenoxy) is 2. The van der Waals surface area contributed by atoms with Gasteiger partial charge >= 0.3 is 0 Å². The maximum Gasteiger partial charge on any atom is 0.255 e. The van der Waals surface area contributed by atoms with Crippen LogP contribution in [0.1, 0.15) is 17.3 Å². The molecule has 17 heavy (non-hydrogen) atoms. The van der Waals surface area contributed by atoms with Crippen LogP contribution < -0.4 is 14.8 Å². The van der Waals surface area contributed by atoms with Crippen molar-refractivity contribution in [2.45, 2.75) is 11.8 Å². The second kappa shape index (κ2) is 6.49. The molecule has 0 aliphatic carbocycles. The highest BCUT2D eigenvalue weighted by molar-refractivity contribution is 9.09. The zero-order chi connectivity index (χ0) is 12.8. The van der Waals surface area contributed by atoms with E-state index in [2.05, 4.69) is 21.2 Å². The van der Waals surface area contributed by atoms with Gasteiger partial charge in [0.25, 0.3) is 5.91 Å². The molecule has 0 radical (unpaired) electrons. The molecule has 1 aromatic carbocycles. The lowest BCUT2D eigenvalue weighted by atomic mass is 10.1. The van der Waals surface area contributed by atoms with Gasteiger partial charge in [0.15, 0.2) is 0 Å². The molecular weight excluding hydrogens is 286 g/mol. The van der Waals surface area contributed by atoms with E-state index in [1.54, 1.807) is 25.3 Å². The van der Waals surface area contributed by atoms with Gasteiger partial charge in [0.2, 0.25) is 0 Å². The number of alkyl halides is 1. The minimum Gasteiger partial charge on any atom is -0.497 e. The fourth-order valence-electron chi connectivity index (χ4n) is 1.31. The molecule has 5 heteroatoms. The molecule has 1 atom stereocenters. The molecular formula is C12H16BrNO3. The minimum atomic E-state index is -0.157. The van der Waals surface area contributed by atoms with Crippen LogP contribution in [0.4, 0.5) is 0 Å². The van der Waals surface area contributed by atoms with E-state index in [9.17, 15) is 4.79 Å². The summed E-state index contributed by atoms with van der Waals surface area (Å²) in [6.45, 7) is 2.53. The number of nitrogens with one attached hydrogen (secondary N) is 1. The topological polar surface area (TPSA) is 47.6 Å². The largest absolute Gasteiger partial charge is 0.497 e. The van der Waals surface area contributed by atoms with Crippen LogP contribution in [0.5, 0.6) is 11.5 Å². The summed E-state index contributed by atoms with van der Waals surface area (Å²) in [6, 6.07) is 5.10. The van der Waals surface area contributed by atoms with Crippen molar-refractivity contribution in [3.8, 4) is 11.5 Å². The van der Waals surface area contributed by atoms with E-state index in [0.717, 1.165) is 0 Å². The van der Waals surface area contributed by atoms with Crippen LogP contribution in [0.15, 0.2) is 18.2 Å². The molecule has 1 N–H and O–H groups in total. The van der Waals surface area contributed by atoms with Crippen LogP contribution in [0, 0.1) is 0 Å². The molecule has 1 aromatic rings. The second-order valence-electron chi connectivity index (χ2n) is 3.56. The van der Waals surface area contributed by atoms with E-state index in [4.69, 9.17) is 9.47 Å². The third kappa shape index (κ3) is 3.93. The molecule has 0 saturated heterocycles. The van der Waals surface area contributed by atoms with Gasteiger partial charge in [0, 0.05) is 17.4 Å². The first-order chi connectivity index (χ1) is 8.08. The number of hydrogen-bond acceptors (Lipinski definition) is 3. The van der Waals surface area contributed by atoms with E-state index in [1.807, 2.05) is 6.92 Å². The zero-order valence-corrected chi connectivity index (χ0v) is 11.7. The summed E-state index contributed by atoms with van der Waals surface area (Å²) in [5.41, 5.74) is 0.501. The van der Waals surface area contributed by atoms with Gasteiger partial charge in [-0.15, -0.1) is 0 Å². The average Bonchev–Trinajstić information content (AvgIpc) is 2.34. The van der Waals surface area contributed by atoms with E-state index in [1.165, 1.54) is 7.11 Å². The van der Waals surface area contributed by atoms with Gasteiger partial charge in [-0.2, -0.15) is 0 Å². The molecule has 0 heterocycles. The summed E-state index contributed by atoms with van der Waals surface area (Å²) < 4.78 is 10.2. The number of methoxy groups -OCH3 is 2. The Hall–Kier alpha value is -1.23. The van der Waals surface area contributed by atoms with Crippen molar-refractivity contribution in [3.05, 3.63) is 23.8 Å². The van der Waals surface area contributed by atoms with Crippen molar-refractivity contribution >= 4 is 21.8 Å². The van der Waals surface area contributed by atoms with Crippen LogP contribution in [-0.2, 0) is 0 Å². The van der Waals surface area contributed by atoms with Gasteiger partial charge in [-0.3, -0.25) is 4.79 Å². The van der Waals surface area contributed by atoms with Crippen LogP contribution in [-0.4, -0.2) is 31.5 Å². The number of carbonyl (C=O) groups excluding carboxylic acids is 1. The predicted molar refractivity (Wildman–Crippen MR) is 70.3 cm³/mol. The van der Waals surface area contributed by atoms with Crippen molar-refractivity contribution in [1.82, 2.24) is 5.32 Å². The third-order valence-electron chi connectivity index (χ3n) is 2.20. The SMILES string of the molecule is COc1ccc(C(=O)NCC(C)Br)c(OC)c1. The van der Waals surface area contributed by atoms with E-state index < -0.39 is 0 Å². The summed E-state index contributed by atoms with van der Waals surface area (Å²) in [6.07, 6.45) is 0. The Morgan fingerprint density at radius 1 is 1.41 bits per heavy atom. The highest BCUT2D eigenvalue weighted by atomic mass is 79.9.